The van der Waals surface area contributed by atoms with Gasteiger partial charge in [-0.2, -0.15) is 0 Å². The van der Waals surface area contributed by atoms with E-state index in [1.807, 2.05) is 0 Å². The van der Waals surface area contributed by atoms with E-state index in [0.717, 1.165) is 32.1 Å². The predicted octanol–water partition coefficient (Wildman–Crippen LogP) is 8.77. The van der Waals surface area contributed by atoms with Crippen LogP contribution in [0.5, 0.6) is 0 Å². The van der Waals surface area contributed by atoms with E-state index in [9.17, 15) is 10.2 Å². The van der Waals surface area contributed by atoms with Gasteiger partial charge in [-0.1, -0.05) is 101 Å². The standard InChI is InChI=1S/C38H52O2/c1-5-29-34-24-28(39)20-22-38(34,4)33-21-23-37(3)31(18-19-32(37)35(33)36(29)40)25(2)16-17-30(26-12-8-6-9-13-26)27-14-10-7-11-15-27/h6-15,17,25,28-29,31-36,39-40H,5,16,18-24H2,1-4H3/t25-,28-,29-,31?,32?,33?,34?,35?,36-,37-,38-/m1/s1. The molecule has 0 saturated heterocycles. The summed E-state index contributed by atoms with van der Waals surface area (Å²) in [6, 6.07) is 21.8. The van der Waals surface area contributed by atoms with Crippen LogP contribution in [-0.4, -0.2) is 22.4 Å². The van der Waals surface area contributed by atoms with Crippen molar-refractivity contribution in [2.75, 3.05) is 0 Å². The maximum atomic E-state index is 12.0. The third-order valence-corrected chi connectivity index (χ3v) is 13.0. The van der Waals surface area contributed by atoms with Gasteiger partial charge in [-0.25, -0.2) is 0 Å². The van der Waals surface area contributed by atoms with Gasteiger partial charge in [0.1, 0.15) is 0 Å². The Morgan fingerprint density at radius 3 is 2.05 bits per heavy atom. The van der Waals surface area contributed by atoms with Crippen LogP contribution in [0.4, 0.5) is 0 Å². The van der Waals surface area contributed by atoms with Gasteiger partial charge < -0.3 is 10.2 Å². The molecule has 2 aromatic rings. The molecule has 2 heteroatoms. The first-order valence-electron chi connectivity index (χ1n) is 16.4. The number of aliphatic hydroxyl groups excluding tert-OH is 2. The van der Waals surface area contributed by atoms with Crippen molar-refractivity contribution < 1.29 is 10.2 Å². The van der Waals surface area contributed by atoms with Crippen LogP contribution >= 0.6 is 0 Å². The summed E-state index contributed by atoms with van der Waals surface area (Å²) in [7, 11) is 0. The average Bonchev–Trinajstić information content (AvgIpc) is 3.32. The van der Waals surface area contributed by atoms with E-state index < -0.39 is 0 Å². The first-order chi connectivity index (χ1) is 19.3. The second-order valence-electron chi connectivity index (χ2n) is 14.7. The van der Waals surface area contributed by atoms with Crippen LogP contribution in [0.1, 0.15) is 96.6 Å². The van der Waals surface area contributed by atoms with Crippen LogP contribution in [0.25, 0.3) is 5.57 Å². The molecule has 4 saturated carbocycles. The van der Waals surface area contributed by atoms with Gasteiger partial charge in [0.05, 0.1) is 12.2 Å². The Hall–Kier alpha value is -1.90. The molecule has 4 fully saturated rings. The van der Waals surface area contributed by atoms with E-state index in [-0.39, 0.29) is 17.6 Å². The van der Waals surface area contributed by atoms with Gasteiger partial charge in [-0.3, -0.25) is 0 Å². The highest BCUT2D eigenvalue weighted by molar-refractivity contribution is 5.79. The summed E-state index contributed by atoms with van der Waals surface area (Å²) in [5.74, 6) is 3.78. The molecule has 4 aliphatic rings. The van der Waals surface area contributed by atoms with Crippen molar-refractivity contribution in [2.45, 2.75) is 97.7 Å². The van der Waals surface area contributed by atoms with Crippen LogP contribution in [0.2, 0.25) is 0 Å². The van der Waals surface area contributed by atoms with Crippen LogP contribution in [0.15, 0.2) is 66.7 Å². The molecule has 216 valence electrons. The molecule has 2 nitrogen and oxygen atoms in total. The molecule has 2 N–H and O–H groups in total. The lowest BCUT2D eigenvalue weighted by molar-refractivity contribution is -0.203. The van der Waals surface area contributed by atoms with Gasteiger partial charge in [0.15, 0.2) is 0 Å². The van der Waals surface area contributed by atoms with E-state index in [0.29, 0.717) is 46.8 Å². The summed E-state index contributed by atoms with van der Waals surface area (Å²) in [4.78, 5) is 0. The molecular weight excluding hydrogens is 488 g/mol. The van der Waals surface area contributed by atoms with E-state index in [4.69, 9.17) is 0 Å². The summed E-state index contributed by atoms with van der Waals surface area (Å²) < 4.78 is 0. The van der Waals surface area contributed by atoms with E-state index in [1.165, 1.54) is 42.4 Å². The smallest absolute Gasteiger partial charge is 0.0605 e. The summed E-state index contributed by atoms with van der Waals surface area (Å²) in [6.07, 6.45) is 12.4. The number of benzene rings is 2. The third-order valence-electron chi connectivity index (χ3n) is 13.0. The second-order valence-corrected chi connectivity index (χ2v) is 14.7. The van der Waals surface area contributed by atoms with E-state index >= 15 is 0 Å². The predicted molar refractivity (Wildman–Crippen MR) is 166 cm³/mol. The minimum absolute atomic E-state index is 0.175. The SMILES string of the molecule is CC[C@@H]1C2C[C@H](O)CC[C@]2(C)C2CC[C@@]3(C)C(CCC3[C@H](C)CC=C(c3ccccc3)c3ccccc3)C2[C@@H]1O. The molecule has 4 aliphatic carbocycles. The Bertz CT molecular complexity index is 1130. The summed E-state index contributed by atoms with van der Waals surface area (Å²) >= 11 is 0. The largest absolute Gasteiger partial charge is 0.393 e. The number of aliphatic hydroxyl groups is 2. The van der Waals surface area contributed by atoms with Crippen molar-refractivity contribution in [3.8, 4) is 0 Å². The monoisotopic (exact) mass is 540 g/mol. The first kappa shape index (κ1) is 28.2. The van der Waals surface area contributed by atoms with Crippen molar-refractivity contribution in [3.05, 3.63) is 77.9 Å². The van der Waals surface area contributed by atoms with Gasteiger partial charge in [0.2, 0.25) is 0 Å². The molecule has 2 aromatic carbocycles. The zero-order valence-electron chi connectivity index (χ0n) is 25.3. The van der Waals surface area contributed by atoms with Gasteiger partial charge in [0.25, 0.3) is 0 Å². The lowest BCUT2D eigenvalue weighted by Gasteiger charge is -2.64. The summed E-state index contributed by atoms with van der Waals surface area (Å²) in [5.41, 5.74) is 4.53. The molecule has 0 spiro atoms. The number of fused-ring (bicyclic) bond motifs is 5. The lowest BCUT2D eigenvalue weighted by Crippen LogP contribution is -2.62. The molecule has 6 rings (SSSR count). The molecule has 0 bridgehead atoms. The van der Waals surface area contributed by atoms with Crippen molar-refractivity contribution >= 4 is 5.57 Å². The zero-order chi connectivity index (χ0) is 28.1. The van der Waals surface area contributed by atoms with Crippen molar-refractivity contribution in [2.24, 2.45) is 52.3 Å². The Morgan fingerprint density at radius 1 is 0.825 bits per heavy atom. The molecular formula is C38H52O2. The Kier molecular flexibility index (Phi) is 7.81. The van der Waals surface area contributed by atoms with Crippen molar-refractivity contribution in [1.82, 2.24) is 0 Å². The number of rotatable bonds is 6. The number of hydrogen-bond acceptors (Lipinski definition) is 2. The molecule has 11 atom stereocenters. The lowest BCUT2D eigenvalue weighted by atomic mass is 9.41. The molecule has 0 heterocycles. The van der Waals surface area contributed by atoms with Gasteiger partial charge in [0, 0.05) is 0 Å². The van der Waals surface area contributed by atoms with E-state index in [1.54, 1.807) is 0 Å². The first-order valence-corrected chi connectivity index (χ1v) is 16.4. The minimum atomic E-state index is -0.209. The summed E-state index contributed by atoms with van der Waals surface area (Å²) in [5, 5.41) is 22.6. The fraction of sp³-hybridized carbons (Fsp3) is 0.632. The number of allylic oxidation sites excluding steroid dienone is 1. The van der Waals surface area contributed by atoms with Gasteiger partial charge in [-0.15, -0.1) is 0 Å². The highest BCUT2D eigenvalue weighted by Gasteiger charge is 2.64. The summed E-state index contributed by atoms with van der Waals surface area (Å²) in [6.45, 7) is 9.93. The second kappa shape index (κ2) is 11.1. The van der Waals surface area contributed by atoms with E-state index in [2.05, 4.69) is 94.4 Å². The molecule has 5 unspecified atom stereocenters. The molecule has 0 radical (unpaired) electrons. The number of hydrogen-bond donors (Lipinski definition) is 2. The average molecular weight is 541 g/mol. The Labute approximate surface area is 243 Å². The molecule has 40 heavy (non-hydrogen) atoms. The van der Waals surface area contributed by atoms with Crippen molar-refractivity contribution in [3.63, 3.8) is 0 Å². The minimum Gasteiger partial charge on any atom is -0.393 e. The van der Waals surface area contributed by atoms with Crippen LogP contribution in [-0.2, 0) is 0 Å². The molecule has 0 aliphatic heterocycles. The molecule has 0 amide bonds. The van der Waals surface area contributed by atoms with Gasteiger partial charge in [-0.05, 0) is 120 Å². The normalized spacial score (nSPS) is 41.4. The highest BCUT2D eigenvalue weighted by atomic mass is 16.3. The highest BCUT2D eigenvalue weighted by Crippen LogP contribution is 2.69. The van der Waals surface area contributed by atoms with Crippen LogP contribution < -0.4 is 0 Å². The third kappa shape index (κ3) is 4.62. The topological polar surface area (TPSA) is 40.5 Å². The molecule has 0 aromatic heterocycles. The Balaban J connectivity index is 1.26. The fourth-order valence-corrected chi connectivity index (χ4v) is 11.0. The van der Waals surface area contributed by atoms with Gasteiger partial charge >= 0.3 is 0 Å². The quantitative estimate of drug-likeness (QED) is 0.384. The Morgan fingerprint density at radius 2 is 1.43 bits per heavy atom. The maximum Gasteiger partial charge on any atom is 0.0605 e. The fourth-order valence-electron chi connectivity index (χ4n) is 11.0. The van der Waals surface area contributed by atoms with Crippen LogP contribution in [0.3, 0.4) is 0 Å². The van der Waals surface area contributed by atoms with Crippen molar-refractivity contribution in [1.29, 1.82) is 0 Å². The zero-order valence-corrected chi connectivity index (χ0v) is 25.3. The maximum absolute atomic E-state index is 12.0. The van der Waals surface area contributed by atoms with Crippen LogP contribution in [0, 0.1) is 52.3 Å².